The Morgan fingerprint density at radius 1 is 1.47 bits per heavy atom. The van der Waals surface area contributed by atoms with E-state index in [4.69, 9.17) is 4.74 Å². The number of hydrogen-bond donors (Lipinski definition) is 1. The molecule has 0 saturated carbocycles. The van der Waals surface area contributed by atoms with Crippen LogP contribution in [0.2, 0.25) is 0 Å². The normalized spacial score (nSPS) is 19.7. The molecule has 1 saturated heterocycles. The minimum absolute atomic E-state index is 0.133. The van der Waals surface area contributed by atoms with Gasteiger partial charge in [-0.25, -0.2) is 4.68 Å². The SMILES string of the molecule is O=[N+]([O-])c1cc(O)c2cnn(C3CCCCO3)c2c1. The Morgan fingerprint density at radius 2 is 2.32 bits per heavy atom. The van der Waals surface area contributed by atoms with Gasteiger partial charge in [-0.05, 0) is 19.3 Å². The summed E-state index contributed by atoms with van der Waals surface area (Å²) in [5.41, 5.74) is 0.376. The number of nitro groups is 1. The van der Waals surface area contributed by atoms with E-state index in [1.165, 1.54) is 12.3 Å². The fourth-order valence-corrected chi connectivity index (χ4v) is 2.36. The average Bonchev–Trinajstić information content (AvgIpc) is 2.84. The molecule has 0 spiro atoms. The molecule has 0 aliphatic carbocycles. The van der Waals surface area contributed by atoms with E-state index < -0.39 is 4.92 Å². The first-order valence-electron chi connectivity index (χ1n) is 6.13. The van der Waals surface area contributed by atoms with Crippen LogP contribution in [0.25, 0.3) is 10.9 Å². The van der Waals surface area contributed by atoms with E-state index in [1.54, 1.807) is 4.68 Å². The molecular weight excluding hydrogens is 250 g/mol. The molecular formula is C12H13N3O4. The van der Waals surface area contributed by atoms with Gasteiger partial charge in [0.05, 0.1) is 28.1 Å². The monoisotopic (exact) mass is 263 g/mol. The third kappa shape index (κ3) is 2.01. The van der Waals surface area contributed by atoms with E-state index in [9.17, 15) is 15.2 Å². The topological polar surface area (TPSA) is 90.4 Å². The molecule has 1 fully saturated rings. The van der Waals surface area contributed by atoms with Crippen molar-refractivity contribution in [3.05, 3.63) is 28.4 Å². The summed E-state index contributed by atoms with van der Waals surface area (Å²) in [5.74, 6) is -0.133. The highest BCUT2D eigenvalue weighted by Gasteiger charge is 2.21. The molecule has 19 heavy (non-hydrogen) atoms. The number of aromatic hydroxyl groups is 1. The summed E-state index contributed by atoms with van der Waals surface area (Å²) < 4.78 is 7.23. The minimum atomic E-state index is -0.530. The molecule has 3 rings (SSSR count). The molecule has 7 nitrogen and oxygen atoms in total. The van der Waals surface area contributed by atoms with Crippen LogP contribution in [0.15, 0.2) is 18.3 Å². The van der Waals surface area contributed by atoms with Gasteiger partial charge in [0.25, 0.3) is 5.69 Å². The maximum atomic E-state index is 10.8. The van der Waals surface area contributed by atoms with Crippen molar-refractivity contribution in [2.75, 3.05) is 6.61 Å². The molecule has 2 heterocycles. The van der Waals surface area contributed by atoms with E-state index in [-0.39, 0.29) is 17.7 Å². The first-order chi connectivity index (χ1) is 9.16. The summed E-state index contributed by atoms with van der Waals surface area (Å²) in [5, 5.41) is 25.3. The first-order valence-corrected chi connectivity index (χ1v) is 6.13. The van der Waals surface area contributed by atoms with Crippen molar-refractivity contribution in [3.8, 4) is 5.75 Å². The van der Waals surface area contributed by atoms with Crippen molar-refractivity contribution < 1.29 is 14.8 Å². The lowest BCUT2D eigenvalue weighted by molar-refractivity contribution is -0.384. The number of hydrogen-bond acceptors (Lipinski definition) is 5. The highest BCUT2D eigenvalue weighted by Crippen LogP contribution is 2.33. The zero-order chi connectivity index (χ0) is 13.4. The molecule has 1 atom stereocenters. The minimum Gasteiger partial charge on any atom is -0.507 e. The molecule has 0 amide bonds. The van der Waals surface area contributed by atoms with Crippen molar-refractivity contribution >= 4 is 16.6 Å². The quantitative estimate of drug-likeness (QED) is 0.663. The number of phenolic OH excluding ortho intramolecular Hbond substituents is 1. The lowest BCUT2D eigenvalue weighted by Gasteiger charge is -2.23. The molecule has 2 aromatic rings. The summed E-state index contributed by atoms with van der Waals surface area (Å²) >= 11 is 0. The Morgan fingerprint density at radius 3 is 3.00 bits per heavy atom. The maximum absolute atomic E-state index is 10.8. The Bertz CT molecular complexity index is 631. The van der Waals surface area contributed by atoms with Gasteiger partial charge < -0.3 is 9.84 Å². The van der Waals surface area contributed by atoms with Crippen LogP contribution in [0.1, 0.15) is 25.5 Å². The smallest absolute Gasteiger partial charge is 0.275 e. The first kappa shape index (κ1) is 11.9. The van der Waals surface area contributed by atoms with Crippen LogP contribution in [0, 0.1) is 10.1 Å². The largest absolute Gasteiger partial charge is 0.507 e. The summed E-state index contributed by atoms with van der Waals surface area (Å²) in [7, 11) is 0. The number of aromatic nitrogens is 2. The Kier molecular flexibility index (Phi) is 2.83. The number of nitro benzene ring substituents is 1. The number of rotatable bonds is 2. The number of fused-ring (bicyclic) bond motifs is 1. The molecule has 7 heteroatoms. The second-order valence-electron chi connectivity index (χ2n) is 4.57. The molecule has 1 aliphatic heterocycles. The van der Waals surface area contributed by atoms with Crippen LogP contribution in [0.4, 0.5) is 5.69 Å². The van der Waals surface area contributed by atoms with Gasteiger partial charge in [0.15, 0.2) is 6.23 Å². The lowest BCUT2D eigenvalue weighted by atomic mass is 10.1. The zero-order valence-corrected chi connectivity index (χ0v) is 10.2. The number of phenols is 1. The number of benzene rings is 1. The number of non-ortho nitro benzene ring substituents is 1. The number of ether oxygens (including phenoxy) is 1. The van der Waals surface area contributed by atoms with Crippen LogP contribution in [0.5, 0.6) is 5.75 Å². The van der Waals surface area contributed by atoms with Crippen LogP contribution in [0.3, 0.4) is 0 Å². The highest BCUT2D eigenvalue weighted by atomic mass is 16.6. The van der Waals surface area contributed by atoms with Crippen LogP contribution in [-0.4, -0.2) is 26.4 Å². The van der Waals surface area contributed by atoms with Gasteiger partial charge in [0.1, 0.15) is 5.75 Å². The summed E-state index contributed by atoms with van der Waals surface area (Å²) in [6.07, 6.45) is 4.16. The standard InChI is InChI=1S/C12H13N3O4/c16-11-6-8(15(17)18)5-10-9(11)7-13-14(10)12-3-1-2-4-19-12/h5-7,12,16H,1-4H2. The van der Waals surface area contributed by atoms with Gasteiger partial charge >= 0.3 is 0 Å². The molecule has 0 radical (unpaired) electrons. The molecule has 1 N–H and O–H groups in total. The van der Waals surface area contributed by atoms with Crippen molar-refractivity contribution in [2.24, 2.45) is 0 Å². The lowest BCUT2D eigenvalue weighted by Crippen LogP contribution is -2.18. The summed E-state index contributed by atoms with van der Waals surface area (Å²) in [6, 6.07) is 2.55. The van der Waals surface area contributed by atoms with Gasteiger partial charge in [-0.3, -0.25) is 10.1 Å². The average molecular weight is 263 g/mol. The zero-order valence-electron chi connectivity index (χ0n) is 10.2. The predicted molar refractivity (Wildman–Crippen MR) is 66.9 cm³/mol. The van der Waals surface area contributed by atoms with E-state index in [2.05, 4.69) is 5.10 Å². The van der Waals surface area contributed by atoms with Crippen molar-refractivity contribution in [1.82, 2.24) is 9.78 Å². The summed E-state index contributed by atoms with van der Waals surface area (Å²) in [4.78, 5) is 10.3. The van der Waals surface area contributed by atoms with Gasteiger partial charge in [0.2, 0.25) is 0 Å². The van der Waals surface area contributed by atoms with E-state index in [1.807, 2.05) is 0 Å². The Balaban J connectivity index is 2.12. The van der Waals surface area contributed by atoms with E-state index >= 15 is 0 Å². The number of nitrogens with zero attached hydrogens (tertiary/aromatic N) is 3. The third-order valence-electron chi connectivity index (χ3n) is 3.32. The molecule has 100 valence electrons. The molecule has 0 bridgehead atoms. The van der Waals surface area contributed by atoms with Crippen LogP contribution < -0.4 is 0 Å². The van der Waals surface area contributed by atoms with Crippen molar-refractivity contribution in [1.29, 1.82) is 0 Å². The highest BCUT2D eigenvalue weighted by molar-refractivity contribution is 5.87. The summed E-state index contributed by atoms with van der Waals surface area (Å²) in [6.45, 7) is 0.660. The fraction of sp³-hybridized carbons (Fsp3) is 0.417. The maximum Gasteiger partial charge on any atom is 0.275 e. The van der Waals surface area contributed by atoms with Crippen LogP contribution >= 0.6 is 0 Å². The molecule has 1 unspecified atom stereocenters. The van der Waals surface area contributed by atoms with Gasteiger partial charge in [-0.1, -0.05) is 0 Å². The van der Waals surface area contributed by atoms with E-state index in [0.29, 0.717) is 17.5 Å². The third-order valence-corrected chi connectivity index (χ3v) is 3.32. The Labute approximate surface area is 108 Å². The molecule has 1 aliphatic rings. The molecule has 1 aromatic heterocycles. The fourth-order valence-electron chi connectivity index (χ4n) is 2.36. The van der Waals surface area contributed by atoms with Crippen molar-refractivity contribution in [3.63, 3.8) is 0 Å². The Hall–Kier alpha value is -2.15. The van der Waals surface area contributed by atoms with Gasteiger partial charge in [0, 0.05) is 12.7 Å². The van der Waals surface area contributed by atoms with E-state index in [0.717, 1.165) is 25.3 Å². The second kappa shape index (κ2) is 4.51. The van der Waals surface area contributed by atoms with Gasteiger partial charge in [-0.2, -0.15) is 5.10 Å². The predicted octanol–water partition coefficient (Wildman–Crippen LogP) is 2.35. The van der Waals surface area contributed by atoms with Gasteiger partial charge in [-0.15, -0.1) is 0 Å². The van der Waals surface area contributed by atoms with Crippen LogP contribution in [-0.2, 0) is 4.74 Å². The second-order valence-corrected chi connectivity index (χ2v) is 4.57. The van der Waals surface area contributed by atoms with Crippen molar-refractivity contribution in [2.45, 2.75) is 25.5 Å². The molecule has 1 aromatic carbocycles.